The van der Waals surface area contributed by atoms with Gasteiger partial charge in [0.1, 0.15) is 5.52 Å². The van der Waals surface area contributed by atoms with Gasteiger partial charge in [0, 0.05) is 19.4 Å². The topological polar surface area (TPSA) is 29.3 Å². The Morgan fingerprint density at radius 3 is 2.42 bits per heavy atom. The summed E-state index contributed by atoms with van der Waals surface area (Å²) in [6.45, 7) is 4.08. The van der Waals surface area contributed by atoms with Crippen LogP contribution < -0.4 is 4.90 Å². The van der Waals surface area contributed by atoms with Crippen molar-refractivity contribution < 1.29 is 17.6 Å². The van der Waals surface area contributed by atoms with E-state index < -0.39 is 11.7 Å². The number of benzene rings is 2. The molecule has 0 fully saturated rings. The van der Waals surface area contributed by atoms with E-state index in [9.17, 15) is 13.2 Å². The van der Waals surface area contributed by atoms with E-state index in [1.807, 2.05) is 26.1 Å². The molecule has 2 heterocycles. The van der Waals surface area contributed by atoms with Crippen LogP contribution in [0.1, 0.15) is 48.4 Å². The van der Waals surface area contributed by atoms with Crippen molar-refractivity contribution in [2.75, 3.05) is 11.9 Å². The first kappa shape index (κ1) is 16.9. The van der Waals surface area contributed by atoms with Gasteiger partial charge < -0.3 is 9.32 Å². The maximum Gasteiger partial charge on any atom is 0.416 e. The van der Waals surface area contributed by atoms with Crippen LogP contribution in [0.3, 0.4) is 0 Å². The van der Waals surface area contributed by atoms with Gasteiger partial charge in [-0.2, -0.15) is 13.2 Å². The Balaban J connectivity index is 1.77. The van der Waals surface area contributed by atoms with Gasteiger partial charge in [-0.05, 0) is 29.3 Å². The third-order valence-electron chi connectivity index (χ3n) is 5.23. The van der Waals surface area contributed by atoms with Crippen LogP contribution in [-0.2, 0) is 12.6 Å². The lowest BCUT2D eigenvalue weighted by Gasteiger charge is -2.26. The van der Waals surface area contributed by atoms with Crippen molar-refractivity contribution in [1.82, 2.24) is 4.98 Å². The number of aromatic nitrogens is 1. The van der Waals surface area contributed by atoms with Crippen LogP contribution in [0.15, 0.2) is 40.8 Å². The largest absolute Gasteiger partial charge is 0.441 e. The Morgan fingerprint density at radius 2 is 1.81 bits per heavy atom. The van der Waals surface area contributed by atoms with Crippen LogP contribution in [0, 0.1) is 0 Å². The van der Waals surface area contributed by atoms with Crippen LogP contribution in [0.25, 0.3) is 11.1 Å². The predicted octanol–water partition coefficient (Wildman–Crippen LogP) is 5.70. The van der Waals surface area contributed by atoms with Crippen molar-refractivity contribution in [3.8, 4) is 0 Å². The molecule has 0 N–H and O–H groups in total. The molecule has 26 heavy (non-hydrogen) atoms. The number of likely N-dealkylation sites (N-methyl/N-ethyl adjacent to an activating group) is 1. The molecule has 0 bridgehead atoms. The standard InChI is InChI=1S/C20H19F3N2O/c1-4-16-24-17-15(26-16)10-9-14-11(2)18(25(3)19(14)17)12-5-7-13(8-6-12)20(21,22)23/h5-11,18H,4H2,1-3H3. The first-order valence-corrected chi connectivity index (χ1v) is 8.63. The summed E-state index contributed by atoms with van der Waals surface area (Å²) in [6.07, 6.45) is -3.61. The molecule has 0 radical (unpaired) electrons. The minimum atomic E-state index is -4.32. The van der Waals surface area contributed by atoms with Crippen molar-refractivity contribution in [3.05, 3.63) is 59.0 Å². The molecule has 2 atom stereocenters. The van der Waals surface area contributed by atoms with E-state index in [2.05, 4.69) is 16.8 Å². The van der Waals surface area contributed by atoms with Gasteiger partial charge in [0.25, 0.3) is 0 Å². The van der Waals surface area contributed by atoms with Gasteiger partial charge in [0.15, 0.2) is 11.5 Å². The fourth-order valence-electron chi connectivity index (χ4n) is 3.96. The molecule has 2 unspecified atom stereocenters. The van der Waals surface area contributed by atoms with Gasteiger partial charge in [0.2, 0.25) is 0 Å². The summed E-state index contributed by atoms with van der Waals surface area (Å²) in [5.74, 6) is 0.824. The van der Waals surface area contributed by atoms with Crippen LogP contribution in [-0.4, -0.2) is 12.0 Å². The Morgan fingerprint density at radius 1 is 1.12 bits per heavy atom. The number of hydrogen-bond donors (Lipinski definition) is 0. The molecule has 0 saturated heterocycles. The Hall–Kier alpha value is -2.50. The average molecular weight is 360 g/mol. The van der Waals surface area contributed by atoms with Gasteiger partial charge in [-0.25, -0.2) is 4.98 Å². The number of anilines is 1. The number of hydrogen-bond acceptors (Lipinski definition) is 3. The van der Waals surface area contributed by atoms with E-state index in [-0.39, 0.29) is 12.0 Å². The molecular weight excluding hydrogens is 341 g/mol. The minimum absolute atomic E-state index is 0.0420. The molecule has 4 rings (SSSR count). The highest BCUT2D eigenvalue weighted by atomic mass is 19.4. The maximum absolute atomic E-state index is 12.8. The Bertz CT molecular complexity index is 960. The molecule has 1 aromatic heterocycles. The summed E-state index contributed by atoms with van der Waals surface area (Å²) in [5, 5.41) is 0. The molecule has 3 nitrogen and oxygen atoms in total. The molecule has 1 aliphatic heterocycles. The Kier molecular flexibility index (Phi) is 3.75. The SMILES string of the molecule is CCc1nc2c3c(ccc2o1)C(C)C(c1ccc(C(F)(F)F)cc1)N3C. The van der Waals surface area contributed by atoms with E-state index >= 15 is 0 Å². The third-order valence-corrected chi connectivity index (χ3v) is 5.23. The van der Waals surface area contributed by atoms with E-state index in [0.717, 1.165) is 40.0 Å². The quantitative estimate of drug-likeness (QED) is 0.587. The smallest absolute Gasteiger partial charge is 0.416 e. The van der Waals surface area contributed by atoms with Crippen molar-refractivity contribution in [2.24, 2.45) is 0 Å². The Labute approximate surface area is 149 Å². The van der Waals surface area contributed by atoms with Gasteiger partial charge in [-0.3, -0.25) is 0 Å². The van der Waals surface area contributed by atoms with Gasteiger partial charge in [0.05, 0.1) is 17.3 Å². The van der Waals surface area contributed by atoms with Crippen LogP contribution in [0.4, 0.5) is 18.9 Å². The molecule has 0 aliphatic carbocycles. The number of fused-ring (bicyclic) bond motifs is 3. The normalized spacial score (nSPS) is 20.0. The number of alkyl halides is 3. The van der Waals surface area contributed by atoms with Crippen molar-refractivity contribution in [2.45, 2.75) is 38.4 Å². The number of rotatable bonds is 2. The fourth-order valence-corrected chi connectivity index (χ4v) is 3.96. The molecule has 6 heteroatoms. The fraction of sp³-hybridized carbons (Fsp3) is 0.350. The molecule has 0 spiro atoms. The second-order valence-corrected chi connectivity index (χ2v) is 6.78. The second-order valence-electron chi connectivity index (χ2n) is 6.78. The lowest BCUT2D eigenvalue weighted by atomic mass is 9.91. The highest BCUT2D eigenvalue weighted by Crippen LogP contribution is 2.50. The number of oxazole rings is 1. The summed E-state index contributed by atoms with van der Waals surface area (Å²) >= 11 is 0. The van der Waals surface area contributed by atoms with Crippen molar-refractivity contribution in [1.29, 1.82) is 0 Å². The third kappa shape index (κ3) is 2.47. The van der Waals surface area contributed by atoms with E-state index in [4.69, 9.17) is 4.42 Å². The van der Waals surface area contributed by atoms with E-state index in [1.165, 1.54) is 0 Å². The summed E-state index contributed by atoms with van der Waals surface area (Å²) in [4.78, 5) is 6.71. The monoisotopic (exact) mass is 360 g/mol. The lowest BCUT2D eigenvalue weighted by Crippen LogP contribution is -2.21. The molecule has 1 aliphatic rings. The molecular formula is C20H19F3N2O. The molecule has 2 aromatic carbocycles. The summed E-state index contributed by atoms with van der Waals surface area (Å²) in [7, 11) is 1.96. The maximum atomic E-state index is 12.8. The summed E-state index contributed by atoms with van der Waals surface area (Å²) in [6, 6.07) is 9.38. The van der Waals surface area contributed by atoms with Gasteiger partial charge in [-0.15, -0.1) is 0 Å². The van der Waals surface area contributed by atoms with Crippen molar-refractivity contribution in [3.63, 3.8) is 0 Å². The zero-order valence-electron chi connectivity index (χ0n) is 14.8. The highest BCUT2D eigenvalue weighted by molar-refractivity contribution is 5.91. The van der Waals surface area contributed by atoms with Crippen LogP contribution in [0.5, 0.6) is 0 Å². The number of halogens is 3. The first-order chi connectivity index (χ1) is 12.3. The van der Waals surface area contributed by atoms with Gasteiger partial charge >= 0.3 is 6.18 Å². The molecule has 136 valence electrons. The minimum Gasteiger partial charge on any atom is -0.441 e. The number of nitrogens with zero attached hydrogens (tertiary/aromatic N) is 2. The van der Waals surface area contributed by atoms with E-state index in [1.54, 1.807) is 12.1 Å². The zero-order chi connectivity index (χ0) is 18.6. The van der Waals surface area contributed by atoms with Crippen molar-refractivity contribution >= 4 is 16.8 Å². The van der Waals surface area contributed by atoms with Gasteiger partial charge in [-0.1, -0.05) is 32.0 Å². The van der Waals surface area contributed by atoms with E-state index in [0.29, 0.717) is 12.3 Å². The highest BCUT2D eigenvalue weighted by Gasteiger charge is 2.37. The van der Waals surface area contributed by atoms with Crippen LogP contribution >= 0.6 is 0 Å². The molecule has 0 amide bonds. The lowest BCUT2D eigenvalue weighted by molar-refractivity contribution is -0.137. The summed E-state index contributed by atoms with van der Waals surface area (Å²) < 4.78 is 44.3. The predicted molar refractivity (Wildman–Crippen MR) is 94.4 cm³/mol. The van der Waals surface area contributed by atoms with Crippen LogP contribution in [0.2, 0.25) is 0 Å². The average Bonchev–Trinajstić information content (AvgIpc) is 3.13. The summed E-state index contributed by atoms with van der Waals surface area (Å²) in [5.41, 5.74) is 3.94. The first-order valence-electron chi connectivity index (χ1n) is 8.63. The molecule has 3 aromatic rings. The zero-order valence-corrected chi connectivity index (χ0v) is 14.8. The second kappa shape index (κ2) is 5.76. The molecule has 0 saturated carbocycles. The number of aryl methyl sites for hydroxylation is 1.